The van der Waals surface area contributed by atoms with Gasteiger partial charge in [0, 0.05) is 0 Å². The second-order valence-corrected chi connectivity index (χ2v) is 5.35. The first-order valence-corrected chi connectivity index (χ1v) is 6.68. The van der Waals surface area contributed by atoms with Crippen molar-refractivity contribution in [1.29, 1.82) is 0 Å². The van der Waals surface area contributed by atoms with Gasteiger partial charge in [-0.1, -0.05) is 53.9 Å². The Morgan fingerprint density at radius 3 is 2.07 bits per heavy atom. The highest BCUT2D eigenvalue weighted by Crippen LogP contribution is 2.39. The van der Waals surface area contributed by atoms with Crippen LogP contribution in [0.25, 0.3) is 0 Å². The van der Waals surface area contributed by atoms with Crippen LogP contribution in [0.2, 0.25) is 0 Å². The predicted octanol–water partition coefficient (Wildman–Crippen LogP) is 4.08. The summed E-state index contributed by atoms with van der Waals surface area (Å²) in [6, 6.07) is 0. The lowest BCUT2D eigenvalue weighted by Gasteiger charge is -2.37. The molecule has 0 aromatic carbocycles. The summed E-state index contributed by atoms with van der Waals surface area (Å²) >= 11 is 0. The van der Waals surface area contributed by atoms with Crippen molar-refractivity contribution in [3.63, 3.8) is 0 Å². The van der Waals surface area contributed by atoms with Gasteiger partial charge in [0.1, 0.15) is 0 Å². The molecule has 0 amide bonds. The normalized spacial score (nSPS) is 19.6. The lowest BCUT2D eigenvalue weighted by molar-refractivity contribution is 0.136. The molecule has 0 aromatic heterocycles. The Balaban J connectivity index is 4.38. The lowest BCUT2D eigenvalue weighted by Crippen LogP contribution is -2.30. The fraction of sp³-hybridized carbons (Fsp3) is 1.00. The van der Waals surface area contributed by atoms with Gasteiger partial charge in [-0.25, -0.2) is 0 Å². The number of hydrogen-bond donors (Lipinski definition) is 1. The van der Waals surface area contributed by atoms with E-state index in [2.05, 4.69) is 47.0 Å². The summed E-state index contributed by atoms with van der Waals surface area (Å²) in [7, 11) is 2.06. The Morgan fingerprint density at radius 2 is 1.73 bits per heavy atom. The maximum Gasteiger partial charge on any atom is -0.00234 e. The maximum absolute atomic E-state index is 3.32. The largest absolute Gasteiger partial charge is 0.319 e. The molecule has 0 spiro atoms. The molecule has 0 bridgehead atoms. The number of rotatable bonds is 8. The molecular formula is C14H31N. The molecule has 0 aromatic rings. The van der Waals surface area contributed by atoms with E-state index in [0.717, 1.165) is 11.8 Å². The topological polar surface area (TPSA) is 12.0 Å². The van der Waals surface area contributed by atoms with Crippen molar-refractivity contribution >= 4 is 0 Å². The van der Waals surface area contributed by atoms with Crippen molar-refractivity contribution in [3.8, 4) is 0 Å². The van der Waals surface area contributed by atoms with Crippen molar-refractivity contribution in [2.45, 2.75) is 60.3 Å². The molecule has 0 fully saturated rings. The van der Waals surface area contributed by atoms with Crippen LogP contribution in [0.5, 0.6) is 0 Å². The second kappa shape index (κ2) is 7.27. The minimum atomic E-state index is 0.534. The summed E-state index contributed by atoms with van der Waals surface area (Å²) in [5.74, 6) is 1.68. The fourth-order valence-electron chi connectivity index (χ4n) is 2.50. The summed E-state index contributed by atoms with van der Waals surface area (Å²) in [6.07, 6.45) is 5.28. The van der Waals surface area contributed by atoms with Gasteiger partial charge in [0.2, 0.25) is 0 Å². The van der Waals surface area contributed by atoms with Crippen molar-refractivity contribution in [3.05, 3.63) is 0 Å². The standard InChI is InChI=1S/C14H31N/c1-7-12(4)14(5,9-3)10-13(8-2)11-15-6/h12-13,15H,7-11H2,1-6H3. The van der Waals surface area contributed by atoms with E-state index in [4.69, 9.17) is 0 Å². The van der Waals surface area contributed by atoms with Gasteiger partial charge in [-0.05, 0) is 37.3 Å². The molecule has 0 saturated heterocycles. The zero-order valence-corrected chi connectivity index (χ0v) is 11.7. The average molecular weight is 213 g/mol. The highest BCUT2D eigenvalue weighted by Gasteiger charge is 2.30. The smallest absolute Gasteiger partial charge is 0.00234 e. The lowest BCUT2D eigenvalue weighted by atomic mass is 9.69. The van der Waals surface area contributed by atoms with E-state index >= 15 is 0 Å². The zero-order chi connectivity index (χ0) is 11.9. The van der Waals surface area contributed by atoms with E-state index in [1.807, 2.05) is 0 Å². The molecular weight excluding hydrogens is 182 g/mol. The quantitative estimate of drug-likeness (QED) is 0.640. The number of hydrogen-bond acceptors (Lipinski definition) is 1. The summed E-state index contributed by atoms with van der Waals surface area (Å²) in [4.78, 5) is 0. The maximum atomic E-state index is 3.32. The molecule has 0 saturated carbocycles. The Labute approximate surface area is 97.0 Å². The van der Waals surface area contributed by atoms with Crippen LogP contribution in [-0.2, 0) is 0 Å². The van der Waals surface area contributed by atoms with Gasteiger partial charge in [0.25, 0.3) is 0 Å². The molecule has 0 aliphatic rings. The van der Waals surface area contributed by atoms with Gasteiger partial charge < -0.3 is 5.32 Å². The monoisotopic (exact) mass is 213 g/mol. The SMILES string of the molecule is CCC(CNC)CC(C)(CC)C(C)CC. The van der Waals surface area contributed by atoms with Crippen molar-refractivity contribution in [1.82, 2.24) is 5.32 Å². The Kier molecular flexibility index (Phi) is 7.25. The van der Waals surface area contributed by atoms with E-state index in [0.29, 0.717) is 5.41 Å². The van der Waals surface area contributed by atoms with Crippen LogP contribution in [0.3, 0.4) is 0 Å². The summed E-state index contributed by atoms with van der Waals surface area (Å²) in [6.45, 7) is 13.0. The Bertz CT molecular complexity index is 155. The van der Waals surface area contributed by atoms with Crippen LogP contribution < -0.4 is 5.32 Å². The summed E-state index contributed by atoms with van der Waals surface area (Å²) in [5.41, 5.74) is 0.534. The van der Waals surface area contributed by atoms with Gasteiger partial charge in [0.15, 0.2) is 0 Å². The molecule has 0 heterocycles. The van der Waals surface area contributed by atoms with E-state index in [1.54, 1.807) is 0 Å². The van der Waals surface area contributed by atoms with Crippen molar-refractivity contribution < 1.29 is 0 Å². The van der Waals surface area contributed by atoms with E-state index < -0.39 is 0 Å². The molecule has 1 heteroatoms. The third kappa shape index (κ3) is 4.55. The molecule has 3 atom stereocenters. The molecule has 0 aliphatic heterocycles. The van der Waals surface area contributed by atoms with Gasteiger partial charge in [-0.3, -0.25) is 0 Å². The highest BCUT2D eigenvalue weighted by molar-refractivity contribution is 4.81. The van der Waals surface area contributed by atoms with Crippen LogP contribution in [-0.4, -0.2) is 13.6 Å². The van der Waals surface area contributed by atoms with Gasteiger partial charge in [-0.15, -0.1) is 0 Å². The number of nitrogens with one attached hydrogen (secondary N) is 1. The Hall–Kier alpha value is -0.0400. The van der Waals surface area contributed by atoms with Crippen LogP contribution in [0.1, 0.15) is 60.3 Å². The predicted molar refractivity (Wildman–Crippen MR) is 70.2 cm³/mol. The molecule has 92 valence electrons. The van der Waals surface area contributed by atoms with Crippen LogP contribution >= 0.6 is 0 Å². The molecule has 1 nitrogen and oxygen atoms in total. The average Bonchev–Trinajstić information content (AvgIpc) is 2.26. The van der Waals surface area contributed by atoms with Crippen LogP contribution in [0, 0.1) is 17.3 Å². The molecule has 1 N–H and O–H groups in total. The first kappa shape index (κ1) is 15.0. The fourth-order valence-corrected chi connectivity index (χ4v) is 2.50. The van der Waals surface area contributed by atoms with E-state index in [-0.39, 0.29) is 0 Å². The van der Waals surface area contributed by atoms with Crippen LogP contribution in [0.15, 0.2) is 0 Å². The van der Waals surface area contributed by atoms with E-state index in [1.165, 1.54) is 32.2 Å². The van der Waals surface area contributed by atoms with Crippen LogP contribution in [0.4, 0.5) is 0 Å². The van der Waals surface area contributed by atoms with Crippen molar-refractivity contribution in [2.75, 3.05) is 13.6 Å². The Morgan fingerprint density at radius 1 is 1.13 bits per heavy atom. The molecule has 15 heavy (non-hydrogen) atoms. The zero-order valence-electron chi connectivity index (χ0n) is 11.7. The first-order chi connectivity index (χ1) is 7.03. The van der Waals surface area contributed by atoms with E-state index in [9.17, 15) is 0 Å². The second-order valence-electron chi connectivity index (χ2n) is 5.35. The highest BCUT2D eigenvalue weighted by atomic mass is 14.8. The van der Waals surface area contributed by atoms with Gasteiger partial charge >= 0.3 is 0 Å². The first-order valence-electron chi connectivity index (χ1n) is 6.68. The van der Waals surface area contributed by atoms with Gasteiger partial charge in [-0.2, -0.15) is 0 Å². The molecule has 0 radical (unpaired) electrons. The minimum Gasteiger partial charge on any atom is -0.319 e. The molecule has 0 aliphatic carbocycles. The molecule has 3 unspecified atom stereocenters. The summed E-state index contributed by atoms with van der Waals surface area (Å²) in [5, 5.41) is 3.32. The van der Waals surface area contributed by atoms with Gasteiger partial charge in [0.05, 0.1) is 0 Å². The summed E-state index contributed by atoms with van der Waals surface area (Å²) < 4.78 is 0. The minimum absolute atomic E-state index is 0.534. The third-order valence-corrected chi connectivity index (χ3v) is 4.43. The molecule has 0 rings (SSSR count). The van der Waals surface area contributed by atoms with Crippen molar-refractivity contribution in [2.24, 2.45) is 17.3 Å². The third-order valence-electron chi connectivity index (χ3n) is 4.43.